The van der Waals surface area contributed by atoms with E-state index in [0.717, 1.165) is 32.6 Å². The summed E-state index contributed by atoms with van der Waals surface area (Å²) in [6.07, 6.45) is 4.12. The molecule has 17 heavy (non-hydrogen) atoms. The van der Waals surface area contributed by atoms with Crippen LogP contribution in [-0.2, 0) is 4.74 Å². The molecule has 0 radical (unpaired) electrons. The Morgan fingerprint density at radius 1 is 1.59 bits per heavy atom. The highest BCUT2D eigenvalue weighted by atomic mass is 35.5. The van der Waals surface area contributed by atoms with E-state index in [2.05, 4.69) is 15.3 Å². The number of halogens is 1. The predicted octanol–water partition coefficient (Wildman–Crippen LogP) is 1.78. The second-order valence-electron chi connectivity index (χ2n) is 3.99. The zero-order valence-corrected chi connectivity index (χ0v) is 10.1. The molecule has 1 aromatic rings. The van der Waals surface area contributed by atoms with Crippen molar-refractivity contribution < 1.29 is 9.53 Å². The number of nitrogens with zero attached hydrogens (tertiary/aromatic N) is 2. The monoisotopic (exact) mass is 255 g/mol. The van der Waals surface area contributed by atoms with Gasteiger partial charge in [-0.2, -0.15) is 0 Å². The molecule has 0 spiro atoms. The fraction of sp³-hybridized carbons (Fsp3) is 0.545. The van der Waals surface area contributed by atoms with Crippen LogP contribution in [0.25, 0.3) is 0 Å². The molecule has 5 nitrogen and oxygen atoms in total. The minimum atomic E-state index is 0.182. The topological polar surface area (TPSA) is 64.1 Å². The first-order chi connectivity index (χ1) is 8.31. The number of hydrogen-bond acceptors (Lipinski definition) is 5. The minimum absolute atomic E-state index is 0.182. The number of ether oxygens (including phenoxy) is 1. The fourth-order valence-electron chi connectivity index (χ4n) is 1.83. The van der Waals surface area contributed by atoms with Crippen LogP contribution in [0, 0.1) is 5.92 Å². The van der Waals surface area contributed by atoms with E-state index in [4.69, 9.17) is 16.3 Å². The molecular weight excluding hydrogens is 242 g/mol. The number of carbonyl (C=O) groups is 1. The lowest BCUT2D eigenvalue weighted by Crippen LogP contribution is -2.11. The highest BCUT2D eigenvalue weighted by molar-refractivity contribution is 6.32. The zero-order valence-electron chi connectivity index (χ0n) is 9.36. The molecule has 0 amide bonds. The van der Waals surface area contributed by atoms with Gasteiger partial charge in [0.05, 0.1) is 5.56 Å². The lowest BCUT2D eigenvalue weighted by molar-refractivity contribution is 0.112. The summed E-state index contributed by atoms with van der Waals surface area (Å²) in [5.41, 5.74) is 0.317. The number of anilines is 1. The van der Waals surface area contributed by atoms with Crippen LogP contribution in [0.15, 0.2) is 6.33 Å². The van der Waals surface area contributed by atoms with Gasteiger partial charge < -0.3 is 10.1 Å². The lowest BCUT2D eigenvalue weighted by Gasteiger charge is -2.10. The first-order valence-corrected chi connectivity index (χ1v) is 5.96. The fourth-order valence-corrected chi connectivity index (χ4v) is 2.00. The molecule has 1 aliphatic heterocycles. The van der Waals surface area contributed by atoms with E-state index in [1.807, 2.05) is 0 Å². The smallest absolute Gasteiger partial charge is 0.156 e. The average Bonchev–Trinajstić information content (AvgIpc) is 2.82. The number of nitrogens with one attached hydrogen (secondary N) is 1. The molecule has 0 saturated carbocycles. The molecule has 1 fully saturated rings. The van der Waals surface area contributed by atoms with Gasteiger partial charge in [0.25, 0.3) is 0 Å². The third kappa shape index (κ3) is 3.14. The van der Waals surface area contributed by atoms with Gasteiger partial charge in [0.1, 0.15) is 17.3 Å². The number of aldehydes is 1. The van der Waals surface area contributed by atoms with Crippen molar-refractivity contribution in [3.05, 3.63) is 17.0 Å². The molecule has 2 heterocycles. The molecule has 1 unspecified atom stereocenters. The van der Waals surface area contributed by atoms with Crippen molar-refractivity contribution in [2.24, 2.45) is 5.92 Å². The van der Waals surface area contributed by atoms with E-state index in [1.54, 1.807) is 0 Å². The maximum atomic E-state index is 10.8. The Morgan fingerprint density at radius 3 is 3.18 bits per heavy atom. The SMILES string of the molecule is O=Cc1c(Cl)ncnc1NCCC1CCOC1. The Labute approximate surface area is 105 Å². The average molecular weight is 256 g/mol. The van der Waals surface area contributed by atoms with Gasteiger partial charge in [-0.15, -0.1) is 0 Å². The van der Waals surface area contributed by atoms with E-state index in [0.29, 0.717) is 23.6 Å². The van der Waals surface area contributed by atoms with Crippen molar-refractivity contribution in [1.82, 2.24) is 9.97 Å². The van der Waals surface area contributed by atoms with Gasteiger partial charge in [-0.05, 0) is 18.8 Å². The zero-order chi connectivity index (χ0) is 12.1. The van der Waals surface area contributed by atoms with Gasteiger partial charge in [-0.1, -0.05) is 11.6 Å². The summed E-state index contributed by atoms with van der Waals surface area (Å²) in [7, 11) is 0. The van der Waals surface area contributed by atoms with Crippen molar-refractivity contribution in [2.45, 2.75) is 12.8 Å². The maximum Gasteiger partial charge on any atom is 0.156 e. The molecule has 0 aliphatic carbocycles. The second-order valence-corrected chi connectivity index (χ2v) is 4.35. The van der Waals surface area contributed by atoms with Crippen LogP contribution >= 0.6 is 11.6 Å². The van der Waals surface area contributed by atoms with Gasteiger partial charge >= 0.3 is 0 Å². The first kappa shape index (κ1) is 12.3. The van der Waals surface area contributed by atoms with Crippen molar-refractivity contribution >= 4 is 23.7 Å². The molecule has 0 bridgehead atoms. The largest absolute Gasteiger partial charge is 0.381 e. The van der Waals surface area contributed by atoms with Gasteiger partial charge in [-0.25, -0.2) is 9.97 Å². The minimum Gasteiger partial charge on any atom is -0.381 e. The first-order valence-electron chi connectivity index (χ1n) is 5.58. The van der Waals surface area contributed by atoms with Crippen LogP contribution in [0.4, 0.5) is 5.82 Å². The molecule has 1 aromatic heterocycles. The Morgan fingerprint density at radius 2 is 2.47 bits per heavy atom. The highest BCUT2D eigenvalue weighted by Gasteiger charge is 2.15. The summed E-state index contributed by atoms with van der Waals surface area (Å²) in [4.78, 5) is 18.6. The third-order valence-corrected chi connectivity index (χ3v) is 3.12. The van der Waals surface area contributed by atoms with E-state index in [1.165, 1.54) is 6.33 Å². The summed E-state index contributed by atoms with van der Waals surface area (Å²) in [6.45, 7) is 2.43. The van der Waals surface area contributed by atoms with Crippen LogP contribution in [0.1, 0.15) is 23.2 Å². The van der Waals surface area contributed by atoms with Crippen LogP contribution < -0.4 is 5.32 Å². The van der Waals surface area contributed by atoms with Crippen molar-refractivity contribution in [3.63, 3.8) is 0 Å². The predicted molar refractivity (Wildman–Crippen MR) is 64.5 cm³/mol. The summed E-state index contributed by atoms with van der Waals surface area (Å²) < 4.78 is 5.29. The van der Waals surface area contributed by atoms with E-state index in [-0.39, 0.29) is 5.15 Å². The molecule has 92 valence electrons. The molecule has 6 heteroatoms. The van der Waals surface area contributed by atoms with Gasteiger partial charge in [-0.3, -0.25) is 4.79 Å². The number of rotatable bonds is 5. The molecule has 1 N–H and O–H groups in total. The van der Waals surface area contributed by atoms with Crippen LogP contribution in [0.5, 0.6) is 0 Å². The quantitative estimate of drug-likeness (QED) is 0.642. The summed E-state index contributed by atoms with van der Waals surface area (Å²) >= 11 is 5.79. The Bertz CT molecular complexity index is 394. The summed E-state index contributed by atoms with van der Waals surface area (Å²) in [5.74, 6) is 1.10. The molecule has 0 aromatic carbocycles. The van der Waals surface area contributed by atoms with Gasteiger partial charge in [0.15, 0.2) is 6.29 Å². The number of carbonyl (C=O) groups excluding carboxylic acids is 1. The Hall–Kier alpha value is -1.20. The normalized spacial score (nSPS) is 19.2. The van der Waals surface area contributed by atoms with E-state index >= 15 is 0 Å². The van der Waals surface area contributed by atoms with Crippen LogP contribution in [0.3, 0.4) is 0 Å². The molecule has 1 atom stereocenters. The van der Waals surface area contributed by atoms with Crippen molar-refractivity contribution in [1.29, 1.82) is 0 Å². The molecule has 2 rings (SSSR count). The highest BCUT2D eigenvalue weighted by Crippen LogP contribution is 2.19. The summed E-state index contributed by atoms with van der Waals surface area (Å²) in [6, 6.07) is 0. The third-order valence-electron chi connectivity index (χ3n) is 2.82. The van der Waals surface area contributed by atoms with Crippen molar-refractivity contribution in [2.75, 3.05) is 25.1 Å². The molecular formula is C11H14ClN3O2. The Balaban J connectivity index is 1.89. The maximum absolute atomic E-state index is 10.8. The summed E-state index contributed by atoms with van der Waals surface area (Å²) in [5, 5.41) is 3.29. The lowest BCUT2D eigenvalue weighted by atomic mass is 10.1. The second kappa shape index (κ2) is 5.93. The molecule has 1 saturated heterocycles. The van der Waals surface area contributed by atoms with Crippen LogP contribution in [-0.4, -0.2) is 36.0 Å². The number of aromatic nitrogens is 2. The standard InChI is InChI=1S/C11H14ClN3O2/c12-10-9(5-16)11(15-7-14-10)13-3-1-8-2-4-17-6-8/h5,7-8H,1-4,6H2,(H,13,14,15). The van der Waals surface area contributed by atoms with Gasteiger partial charge in [0, 0.05) is 19.8 Å². The van der Waals surface area contributed by atoms with E-state index in [9.17, 15) is 4.79 Å². The van der Waals surface area contributed by atoms with Gasteiger partial charge in [0.2, 0.25) is 0 Å². The number of hydrogen-bond donors (Lipinski definition) is 1. The van der Waals surface area contributed by atoms with Crippen molar-refractivity contribution in [3.8, 4) is 0 Å². The van der Waals surface area contributed by atoms with E-state index < -0.39 is 0 Å². The van der Waals surface area contributed by atoms with Crippen LogP contribution in [0.2, 0.25) is 5.15 Å². The molecule has 1 aliphatic rings. The Kier molecular flexibility index (Phi) is 4.28.